The number of hydrogen-bond acceptors (Lipinski definition) is 7. The van der Waals surface area contributed by atoms with Crippen LogP contribution in [0.25, 0.3) is 0 Å². The Labute approximate surface area is 286 Å². The topological polar surface area (TPSA) is 171 Å². The van der Waals surface area contributed by atoms with Crippen LogP contribution in [0.1, 0.15) is 37.8 Å². The Hall–Kier alpha value is -4.78. The molecule has 4 N–H and O–H groups in total. The van der Waals surface area contributed by atoms with Crippen molar-refractivity contribution in [1.82, 2.24) is 25.6 Å². The Morgan fingerprint density at radius 1 is 0.939 bits per heavy atom. The SMILES string of the molecule is C=CCCC(NC(=O)[C@@H]1C2C(CN1C(=O)[C@@H](NC(=O)NS(=O)(=O)c1ccccc1)C1Cc3ccccc3C1)C2(C)C)C(=O)C(=O)NCC=C. The maximum absolute atomic E-state index is 14.6. The number of carbonyl (C=O) groups is 5. The number of nitrogens with one attached hydrogen (secondary N) is 4. The van der Waals surface area contributed by atoms with Crippen molar-refractivity contribution >= 4 is 39.6 Å². The summed E-state index contributed by atoms with van der Waals surface area (Å²) in [6.45, 7) is 11.6. The predicted molar refractivity (Wildman–Crippen MR) is 182 cm³/mol. The minimum Gasteiger partial charge on any atom is -0.346 e. The highest BCUT2D eigenvalue weighted by Gasteiger charge is 2.69. The van der Waals surface area contributed by atoms with Gasteiger partial charge in [-0.05, 0) is 72.1 Å². The first-order valence-corrected chi connectivity index (χ1v) is 17.9. The van der Waals surface area contributed by atoms with Crippen molar-refractivity contribution in [1.29, 1.82) is 0 Å². The van der Waals surface area contributed by atoms with E-state index in [1.807, 2.05) is 42.8 Å². The van der Waals surface area contributed by atoms with Crippen molar-refractivity contribution < 1.29 is 32.4 Å². The molecule has 2 fully saturated rings. The first-order valence-electron chi connectivity index (χ1n) is 16.4. The fourth-order valence-corrected chi connectivity index (χ4v) is 8.31. The second kappa shape index (κ2) is 14.4. The summed E-state index contributed by atoms with van der Waals surface area (Å²) in [5.74, 6) is -3.44. The lowest BCUT2D eigenvalue weighted by Gasteiger charge is -2.35. The van der Waals surface area contributed by atoms with E-state index in [-0.39, 0.29) is 41.7 Å². The third-order valence-electron chi connectivity index (χ3n) is 10.1. The van der Waals surface area contributed by atoms with E-state index in [0.29, 0.717) is 19.3 Å². The van der Waals surface area contributed by atoms with Gasteiger partial charge in [0.25, 0.3) is 15.9 Å². The molecule has 2 aromatic carbocycles. The standard InChI is InChI=1S/C36H43N5O7S/c1-5-7-17-27(31(42)33(44)37-18-6-2)38-32(43)30-28-26(36(28,3)4)21-41(30)34(45)29(24-19-22-13-11-12-14-23(22)20-24)39-35(46)40-49(47,48)25-15-9-8-10-16-25/h5-6,8-16,24,26-30H,1-2,7,17-21H2,3-4H3,(H,37,44)(H,38,43)(H2,39,40,46)/t26?,27?,28?,29-,30-/m0/s1. The van der Waals surface area contributed by atoms with Crippen molar-refractivity contribution in [2.45, 2.75) is 62.6 Å². The number of allylic oxidation sites excluding steroid dienone is 1. The van der Waals surface area contributed by atoms with Crippen LogP contribution in [0.2, 0.25) is 0 Å². The highest BCUT2D eigenvalue weighted by molar-refractivity contribution is 7.90. The Balaban J connectivity index is 1.40. The van der Waals surface area contributed by atoms with E-state index in [4.69, 9.17) is 0 Å². The molecule has 2 aromatic rings. The maximum atomic E-state index is 14.6. The van der Waals surface area contributed by atoms with Gasteiger partial charge in [-0.15, -0.1) is 13.2 Å². The Bertz CT molecular complexity index is 1730. The van der Waals surface area contributed by atoms with Crippen LogP contribution in [0.4, 0.5) is 4.79 Å². The van der Waals surface area contributed by atoms with Crippen molar-refractivity contribution in [2.24, 2.45) is 23.2 Å². The van der Waals surface area contributed by atoms with E-state index in [1.54, 1.807) is 12.1 Å². The number of nitrogens with zero attached hydrogens (tertiary/aromatic N) is 1. The number of ketones is 1. The molecule has 5 amide bonds. The van der Waals surface area contributed by atoms with Crippen LogP contribution in [0.15, 0.2) is 84.8 Å². The molecule has 12 nitrogen and oxygen atoms in total. The number of Topliss-reactive ketones (excluding diaryl/α,β-unsaturated/α-hetero) is 1. The fourth-order valence-electron chi connectivity index (χ4n) is 7.37. The second-order valence-corrected chi connectivity index (χ2v) is 15.2. The zero-order chi connectivity index (χ0) is 35.5. The monoisotopic (exact) mass is 689 g/mol. The normalized spacial score (nSPS) is 21.7. The van der Waals surface area contributed by atoms with Gasteiger partial charge < -0.3 is 20.9 Å². The molecule has 2 aliphatic carbocycles. The summed E-state index contributed by atoms with van der Waals surface area (Å²) < 4.78 is 28.0. The number of urea groups is 1. The summed E-state index contributed by atoms with van der Waals surface area (Å²) in [6.07, 6.45) is 4.42. The predicted octanol–water partition coefficient (Wildman–Crippen LogP) is 2.26. The summed E-state index contributed by atoms with van der Waals surface area (Å²) in [4.78, 5) is 68.9. The minimum absolute atomic E-state index is 0.0147. The number of sulfonamides is 1. The van der Waals surface area contributed by atoms with Gasteiger partial charge in [-0.1, -0.05) is 68.5 Å². The van der Waals surface area contributed by atoms with E-state index in [9.17, 15) is 32.4 Å². The van der Waals surface area contributed by atoms with E-state index in [0.717, 1.165) is 11.1 Å². The molecule has 13 heteroatoms. The largest absolute Gasteiger partial charge is 0.346 e. The summed E-state index contributed by atoms with van der Waals surface area (Å²) in [5, 5.41) is 7.85. The molecular formula is C36H43N5O7S. The molecule has 0 radical (unpaired) electrons. The number of hydrogen-bond donors (Lipinski definition) is 4. The highest BCUT2D eigenvalue weighted by atomic mass is 32.2. The van der Waals surface area contributed by atoms with E-state index in [1.165, 1.54) is 35.2 Å². The average Bonchev–Trinajstić information content (AvgIpc) is 3.44. The molecular weight excluding hydrogens is 646 g/mol. The summed E-state index contributed by atoms with van der Waals surface area (Å²) in [5.41, 5.74) is 1.76. The van der Waals surface area contributed by atoms with Gasteiger partial charge in [0.2, 0.25) is 17.6 Å². The maximum Gasteiger partial charge on any atom is 0.329 e. The molecule has 3 aliphatic rings. The summed E-state index contributed by atoms with van der Waals surface area (Å²) in [7, 11) is -4.24. The van der Waals surface area contributed by atoms with E-state index >= 15 is 0 Å². The molecule has 49 heavy (non-hydrogen) atoms. The Morgan fingerprint density at radius 3 is 2.18 bits per heavy atom. The molecule has 0 bridgehead atoms. The third-order valence-corrected chi connectivity index (χ3v) is 11.4. The van der Waals surface area contributed by atoms with Gasteiger partial charge in [-0.25, -0.2) is 17.9 Å². The van der Waals surface area contributed by atoms with Crippen molar-refractivity contribution in [3.8, 4) is 0 Å². The molecule has 3 unspecified atom stereocenters. The number of fused-ring (bicyclic) bond motifs is 2. The molecule has 1 saturated carbocycles. The molecule has 5 atom stereocenters. The van der Waals surface area contributed by atoms with Crippen molar-refractivity contribution in [3.05, 3.63) is 91.0 Å². The Morgan fingerprint density at radius 2 is 1.57 bits per heavy atom. The van der Waals surface area contributed by atoms with E-state index in [2.05, 4.69) is 29.1 Å². The minimum atomic E-state index is -4.24. The lowest BCUT2D eigenvalue weighted by Crippen LogP contribution is -2.60. The average molecular weight is 690 g/mol. The van der Waals surface area contributed by atoms with Gasteiger partial charge in [0.1, 0.15) is 12.1 Å². The zero-order valence-corrected chi connectivity index (χ0v) is 28.5. The van der Waals surface area contributed by atoms with Crippen molar-refractivity contribution in [2.75, 3.05) is 13.1 Å². The first-order chi connectivity index (χ1) is 23.3. The van der Waals surface area contributed by atoms with Crippen molar-refractivity contribution in [3.63, 3.8) is 0 Å². The first kappa shape index (κ1) is 35.5. The van der Waals surface area contributed by atoms with Crippen LogP contribution >= 0.6 is 0 Å². The van der Waals surface area contributed by atoms with Crippen LogP contribution in [0, 0.1) is 23.2 Å². The van der Waals surface area contributed by atoms with Gasteiger partial charge in [-0.3, -0.25) is 19.2 Å². The molecule has 1 saturated heterocycles. The third kappa shape index (κ3) is 7.46. The number of carbonyl (C=O) groups excluding carboxylic acids is 5. The van der Waals surface area contributed by atoms with Crippen LogP contribution in [0.5, 0.6) is 0 Å². The summed E-state index contributed by atoms with van der Waals surface area (Å²) in [6, 6.07) is 10.7. The molecule has 0 spiro atoms. The van der Waals surface area contributed by atoms with Gasteiger partial charge in [0.15, 0.2) is 0 Å². The van der Waals surface area contributed by atoms with Crippen LogP contribution in [-0.2, 0) is 42.0 Å². The molecule has 0 aromatic heterocycles. The zero-order valence-electron chi connectivity index (χ0n) is 27.7. The number of benzene rings is 2. The Kier molecular flexibility index (Phi) is 10.4. The van der Waals surface area contributed by atoms with Crippen LogP contribution < -0.4 is 20.7 Å². The molecule has 5 rings (SSSR count). The number of likely N-dealkylation sites (tertiary alicyclic amines) is 1. The highest BCUT2D eigenvalue weighted by Crippen LogP contribution is 2.65. The smallest absolute Gasteiger partial charge is 0.329 e. The molecule has 260 valence electrons. The van der Waals surface area contributed by atoms with Gasteiger partial charge in [0, 0.05) is 13.1 Å². The van der Waals surface area contributed by atoms with Gasteiger partial charge >= 0.3 is 6.03 Å². The lowest BCUT2D eigenvalue weighted by molar-refractivity contribution is -0.144. The summed E-state index contributed by atoms with van der Waals surface area (Å²) >= 11 is 0. The number of amides is 5. The number of piperidine rings is 1. The molecule has 1 aliphatic heterocycles. The van der Waals surface area contributed by atoms with Gasteiger partial charge in [0.05, 0.1) is 10.9 Å². The quantitative estimate of drug-likeness (QED) is 0.174. The number of rotatable bonds is 14. The lowest BCUT2D eigenvalue weighted by atomic mass is 9.93. The van der Waals surface area contributed by atoms with Gasteiger partial charge in [-0.2, -0.15) is 0 Å². The molecule has 1 heterocycles. The van der Waals surface area contributed by atoms with E-state index < -0.39 is 63.6 Å². The second-order valence-electron chi connectivity index (χ2n) is 13.5. The van der Waals surface area contributed by atoms with Crippen LogP contribution in [0.3, 0.4) is 0 Å². The fraction of sp³-hybridized carbons (Fsp3) is 0.417. The van der Waals surface area contributed by atoms with Crippen LogP contribution in [-0.4, -0.2) is 74.1 Å².